The molecule has 7 nitrogen and oxygen atoms in total. The van der Waals surface area contributed by atoms with E-state index < -0.39 is 16.7 Å². The number of rotatable bonds is 3. The molecule has 0 spiro atoms. The van der Waals surface area contributed by atoms with Crippen LogP contribution in [-0.4, -0.2) is 16.7 Å². The molecular formula is C15H13N3O4. The number of benzene rings is 2. The van der Waals surface area contributed by atoms with Crippen LogP contribution in [0.15, 0.2) is 48.5 Å². The summed E-state index contributed by atoms with van der Waals surface area (Å²) in [4.78, 5) is 33.5. The molecule has 0 fully saturated rings. The van der Waals surface area contributed by atoms with Gasteiger partial charge in [0, 0.05) is 23.5 Å². The number of carbonyl (C=O) groups excluding carboxylic acids is 2. The predicted octanol–water partition coefficient (Wildman–Crippen LogP) is 2.48. The highest BCUT2D eigenvalue weighted by Gasteiger charge is 2.14. The Morgan fingerprint density at radius 2 is 1.55 bits per heavy atom. The van der Waals surface area contributed by atoms with Crippen molar-refractivity contribution in [3.8, 4) is 0 Å². The van der Waals surface area contributed by atoms with Crippen LogP contribution in [0.1, 0.15) is 5.56 Å². The molecule has 2 rings (SSSR count). The Kier molecular flexibility index (Phi) is 4.47. The minimum Gasteiger partial charge on any atom is -0.318 e. The van der Waals surface area contributed by atoms with Gasteiger partial charge in [0.25, 0.3) is 5.69 Å². The highest BCUT2D eigenvalue weighted by atomic mass is 16.6. The number of carbonyl (C=O) groups is 2. The number of amides is 2. The summed E-state index contributed by atoms with van der Waals surface area (Å²) < 4.78 is 0. The van der Waals surface area contributed by atoms with Gasteiger partial charge in [0.05, 0.1) is 4.92 Å². The molecule has 0 aromatic heterocycles. The van der Waals surface area contributed by atoms with Crippen LogP contribution in [0.5, 0.6) is 0 Å². The van der Waals surface area contributed by atoms with Gasteiger partial charge < -0.3 is 10.6 Å². The first-order chi connectivity index (χ1) is 10.5. The van der Waals surface area contributed by atoms with Crippen molar-refractivity contribution in [2.45, 2.75) is 6.92 Å². The van der Waals surface area contributed by atoms with Crippen LogP contribution in [0, 0.1) is 17.0 Å². The molecule has 0 unspecified atom stereocenters. The van der Waals surface area contributed by atoms with Crippen LogP contribution in [0.3, 0.4) is 0 Å². The number of non-ortho nitro benzene ring substituents is 1. The molecular weight excluding hydrogens is 286 g/mol. The van der Waals surface area contributed by atoms with Crippen molar-refractivity contribution in [1.82, 2.24) is 0 Å². The molecule has 0 saturated carbocycles. The zero-order valence-electron chi connectivity index (χ0n) is 11.7. The summed E-state index contributed by atoms with van der Waals surface area (Å²) in [5, 5.41) is 15.4. The van der Waals surface area contributed by atoms with Crippen LogP contribution in [0.25, 0.3) is 0 Å². The van der Waals surface area contributed by atoms with Crippen LogP contribution >= 0.6 is 0 Å². The van der Waals surface area contributed by atoms with Crippen molar-refractivity contribution in [2.24, 2.45) is 0 Å². The highest BCUT2D eigenvalue weighted by Crippen LogP contribution is 2.15. The van der Waals surface area contributed by atoms with Crippen LogP contribution in [-0.2, 0) is 9.59 Å². The van der Waals surface area contributed by atoms with Crippen LogP contribution in [0.4, 0.5) is 17.1 Å². The molecule has 0 aliphatic carbocycles. The monoisotopic (exact) mass is 299 g/mol. The molecule has 7 heteroatoms. The number of anilines is 2. The summed E-state index contributed by atoms with van der Waals surface area (Å²) in [5.74, 6) is -1.67. The largest absolute Gasteiger partial charge is 0.318 e. The number of hydrogen-bond donors (Lipinski definition) is 2. The lowest BCUT2D eigenvalue weighted by Crippen LogP contribution is -2.29. The van der Waals surface area contributed by atoms with Gasteiger partial charge in [0.15, 0.2) is 0 Å². The highest BCUT2D eigenvalue weighted by molar-refractivity contribution is 6.43. The summed E-state index contributed by atoms with van der Waals surface area (Å²) in [6.45, 7) is 1.87. The molecule has 2 N–H and O–H groups in total. The third-order valence-corrected chi connectivity index (χ3v) is 2.82. The standard InChI is InChI=1S/C15H13N3O4/c1-10-3-2-4-12(9-10)17-15(20)14(19)16-11-5-7-13(8-6-11)18(21)22/h2-9H,1H3,(H,16,19)(H,17,20). The number of nitro groups is 1. The van der Waals surface area contributed by atoms with E-state index in [1.807, 2.05) is 13.0 Å². The van der Waals surface area contributed by atoms with Crippen molar-refractivity contribution >= 4 is 28.9 Å². The molecule has 0 saturated heterocycles. The third-order valence-electron chi connectivity index (χ3n) is 2.82. The Morgan fingerprint density at radius 1 is 0.955 bits per heavy atom. The Morgan fingerprint density at radius 3 is 2.09 bits per heavy atom. The third kappa shape index (κ3) is 3.89. The summed E-state index contributed by atoms with van der Waals surface area (Å²) in [7, 11) is 0. The minimum absolute atomic E-state index is 0.0952. The normalized spacial score (nSPS) is 9.86. The van der Waals surface area contributed by atoms with E-state index in [0.29, 0.717) is 11.4 Å². The zero-order chi connectivity index (χ0) is 16.1. The maximum absolute atomic E-state index is 11.8. The summed E-state index contributed by atoms with van der Waals surface area (Å²) in [6.07, 6.45) is 0. The minimum atomic E-state index is -0.852. The van der Waals surface area contributed by atoms with Crippen molar-refractivity contribution < 1.29 is 14.5 Å². The summed E-state index contributed by atoms with van der Waals surface area (Å²) >= 11 is 0. The maximum Gasteiger partial charge on any atom is 0.314 e. The first-order valence-electron chi connectivity index (χ1n) is 6.39. The first kappa shape index (κ1) is 15.2. The number of aryl methyl sites for hydroxylation is 1. The predicted molar refractivity (Wildman–Crippen MR) is 81.5 cm³/mol. The van der Waals surface area contributed by atoms with E-state index in [9.17, 15) is 19.7 Å². The van der Waals surface area contributed by atoms with Gasteiger partial charge >= 0.3 is 11.8 Å². The molecule has 2 aromatic rings. The number of nitrogens with one attached hydrogen (secondary N) is 2. The summed E-state index contributed by atoms with van der Waals surface area (Å²) in [5.41, 5.74) is 1.68. The van der Waals surface area contributed by atoms with Gasteiger partial charge in [0.1, 0.15) is 0 Å². The van der Waals surface area contributed by atoms with Gasteiger partial charge in [0.2, 0.25) is 0 Å². The molecule has 112 valence electrons. The molecule has 0 heterocycles. The average molecular weight is 299 g/mol. The van der Waals surface area contributed by atoms with Gasteiger partial charge in [-0.1, -0.05) is 12.1 Å². The smallest absolute Gasteiger partial charge is 0.314 e. The Bertz CT molecular complexity index is 726. The number of nitro benzene ring substituents is 1. The van der Waals surface area contributed by atoms with Crippen molar-refractivity contribution in [3.63, 3.8) is 0 Å². The van der Waals surface area contributed by atoms with Gasteiger partial charge in [-0.2, -0.15) is 0 Å². The van der Waals surface area contributed by atoms with Gasteiger partial charge in [-0.25, -0.2) is 0 Å². The van der Waals surface area contributed by atoms with Crippen LogP contribution in [0.2, 0.25) is 0 Å². The van der Waals surface area contributed by atoms with Gasteiger partial charge in [-0.05, 0) is 36.8 Å². The fourth-order valence-corrected chi connectivity index (χ4v) is 1.77. The van der Waals surface area contributed by atoms with Gasteiger partial charge in [-0.3, -0.25) is 19.7 Å². The molecule has 0 atom stereocenters. The topological polar surface area (TPSA) is 101 Å². The molecule has 22 heavy (non-hydrogen) atoms. The fraction of sp³-hybridized carbons (Fsp3) is 0.0667. The molecule has 2 amide bonds. The van der Waals surface area contributed by atoms with Crippen molar-refractivity contribution in [1.29, 1.82) is 0 Å². The second kappa shape index (κ2) is 6.49. The summed E-state index contributed by atoms with van der Waals surface area (Å²) in [6, 6.07) is 12.2. The number of hydrogen-bond acceptors (Lipinski definition) is 4. The van der Waals surface area contributed by atoms with Gasteiger partial charge in [-0.15, -0.1) is 0 Å². The van der Waals surface area contributed by atoms with E-state index in [2.05, 4.69) is 10.6 Å². The van der Waals surface area contributed by atoms with Crippen molar-refractivity contribution in [3.05, 3.63) is 64.2 Å². The Balaban J connectivity index is 1.99. The molecule has 0 radical (unpaired) electrons. The maximum atomic E-state index is 11.8. The average Bonchev–Trinajstić information content (AvgIpc) is 2.47. The van der Waals surface area contributed by atoms with Crippen molar-refractivity contribution in [2.75, 3.05) is 10.6 Å². The van der Waals surface area contributed by atoms with E-state index in [-0.39, 0.29) is 5.69 Å². The van der Waals surface area contributed by atoms with E-state index in [0.717, 1.165) is 5.56 Å². The molecule has 0 aliphatic rings. The Hall–Kier alpha value is -3.22. The van der Waals surface area contributed by atoms with Crippen LogP contribution < -0.4 is 10.6 Å². The first-order valence-corrected chi connectivity index (χ1v) is 6.39. The van der Waals surface area contributed by atoms with E-state index >= 15 is 0 Å². The fourth-order valence-electron chi connectivity index (χ4n) is 1.77. The lowest BCUT2D eigenvalue weighted by atomic mass is 10.2. The lowest BCUT2D eigenvalue weighted by molar-refractivity contribution is -0.384. The second-order valence-electron chi connectivity index (χ2n) is 4.58. The van der Waals surface area contributed by atoms with E-state index in [1.165, 1.54) is 24.3 Å². The quantitative estimate of drug-likeness (QED) is 0.516. The molecule has 2 aromatic carbocycles. The number of nitrogens with zero attached hydrogens (tertiary/aromatic N) is 1. The lowest BCUT2D eigenvalue weighted by Gasteiger charge is -2.07. The van der Waals surface area contributed by atoms with E-state index in [4.69, 9.17) is 0 Å². The SMILES string of the molecule is Cc1cccc(NC(=O)C(=O)Nc2ccc([N+](=O)[O-])cc2)c1. The Labute approximate surface area is 126 Å². The second-order valence-corrected chi connectivity index (χ2v) is 4.58. The molecule has 0 bridgehead atoms. The zero-order valence-corrected chi connectivity index (χ0v) is 11.7. The van der Waals surface area contributed by atoms with E-state index in [1.54, 1.807) is 18.2 Å². The molecule has 0 aliphatic heterocycles.